The van der Waals surface area contributed by atoms with E-state index in [1.54, 1.807) is 6.07 Å². The molecule has 15 heavy (non-hydrogen) atoms. The molecule has 0 aliphatic heterocycles. The van der Waals surface area contributed by atoms with Crippen molar-refractivity contribution in [3.05, 3.63) is 22.5 Å². The van der Waals surface area contributed by atoms with Crippen molar-refractivity contribution >= 4 is 25.4 Å². The maximum absolute atomic E-state index is 5.89. The fourth-order valence-corrected chi connectivity index (χ4v) is 1.60. The van der Waals surface area contributed by atoms with Gasteiger partial charge in [0.1, 0.15) is 13.8 Å². The van der Waals surface area contributed by atoms with Crippen LogP contribution in [0.1, 0.15) is 11.4 Å². The van der Waals surface area contributed by atoms with E-state index in [1.165, 1.54) is 0 Å². The smallest absolute Gasteiger partial charge is 0.135 e. The first-order valence-corrected chi connectivity index (χ1v) is 8.63. The Morgan fingerprint density at radius 3 is 2.53 bits per heavy atom. The summed E-state index contributed by atoms with van der Waals surface area (Å²) in [5.74, 6) is 3.04. The Morgan fingerprint density at radius 2 is 2.00 bits per heavy atom. The number of halogens is 1. The summed E-state index contributed by atoms with van der Waals surface area (Å²) in [7, 11) is -1.38. The van der Waals surface area contributed by atoms with Gasteiger partial charge in [0.2, 0.25) is 0 Å². The standard InChI is InChI=1S/C11H15ClN2Si/c1-8-9(12)7-10(13)11(14-8)5-6-15(2,3)4/h7H,13H2,1-4H3. The molecule has 0 amide bonds. The maximum atomic E-state index is 5.89. The van der Waals surface area contributed by atoms with Gasteiger partial charge in [-0.25, -0.2) is 4.98 Å². The van der Waals surface area contributed by atoms with Gasteiger partial charge in [-0.3, -0.25) is 0 Å². The number of pyridine rings is 1. The van der Waals surface area contributed by atoms with Crippen molar-refractivity contribution in [2.24, 2.45) is 0 Å². The summed E-state index contributed by atoms with van der Waals surface area (Å²) in [6.45, 7) is 8.39. The minimum absolute atomic E-state index is 0.552. The van der Waals surface area contributed by atoms with Crippen LogP contribution < -0.4 is 5.73 Å². The van der Waals surface area contributed by atoms with Crippen LogP contribution in [0.5, 0.6) is 0 Å². The lowest BCUT2D eigenvalue weighted by Gasteiger charge is -2.05. The Hall–Kier alpha value is -0.983. The summed E-state index contributed by atoms with van der Waals surface area (Å²) in [5.41, 5.74) is 11.0. The molecule has 1 aromatic rings. The van der Waals surface area contributed by atoms with Crippen molar-refractivity contribution in [3.8, 4) is 11.5 Å². The third-order valence-electron chi connectivity index (χ3n) is 1.74. The summed E-state index contributed by atoms with van der Waals surface area (Å²) in [5, 5.41) is 0.589. The largest absolute Gasteiger partial charge is 0.396 e. The van der Waals surface area contributed by atoms with Gasteiger partial charge in [-0.15, -0.1) is 5.54 Å². The molecule has 0 saturated carbocycles. The topological polar surface area (TPSA) is 38.9 Å². The van der Waals surface area contributed by atoms with Gasteiger partial charge in [-0.05, 0) is 13.0 Å². The number of hydrogen-bond acceptors (Lipinski definition) is 2. The van der Waals surface area contributed by atoms with Crippen LogP contribution >= 0.6 is 11.6 Å². The van der Waals surface area contributed by atoms with Gasteiger partial charge >= 0.3 is 0 Å². The Balaban J connectivity index is 3.15. The van der Waals surface area contributed by atoms with Crippen molar-refractivity contribution in [1.82, 2.24) is 4.98 Å². The van der Waals surface area contributed by atoms with E-state index in [0.29, 0.717) is 16.4 Å². The molecule has 1 rings (SSSR count). The number of nitrogen functional groups attached to an aromatic ring is 1. The van der Waals surface area contributed by atoms with Crippen LogP contribution in [-0.2, 0) is 0 Å². The summed E-state index contributed by atoms with van der Waals surface area (Å²) < 4.78 is 0. The number of rotatable bonds is 0. The number of aryl methyl sites for hydroxylation is 1. The molecule has 0 saturated heterocycles. The van der Waals surface area contributed by atoms with Gasteiger partial charge < -0.3 is 5.73 Å². The van der Waals surface area contributed by atoms with Crippen LogP contribution in [-0.4, -0.2) is 13.1 Å². The molecular weight excluding hydrogens is 224 g/mol. The molecule has 0 unspecified atom stereocenters. The van der Waals surface area contributed by atoms with E-state index in [2.05, 4.69) is 36.1 Å². The quantitative estimate of drug-likeness (QED) is 0.558. The third kappa shape index (κ3) is 3.58. The van der Waals surface area contributed by atoms with Gasteiger partial charge in [-0.1, -0.05) is 37.2 Å². The molecule has 4 heteroatoms. The molecular formula is C11H15ClN2Si. The van der Waals surface area contributed by atoms with Crippen molar-refractivity contribution < 1.29 is 0 Å². The number of anilines is 1. The summed E-state index contributed by atoms with van der Waals surface area (Å²) >= 11 is 5.89. The second-order valence-corrected chi connectivity index (χ2v) is 9.65. The van der Waals surface area contributed by atoms with Gasteiger partial charge in [0.15, 0.2) is 0 Å². The molecule has 0 aliphatic carbocycles. The first-order chi connectivity index (χ1) is 6.79. The second kappa shape index (κ2) is 4.26. The number of hydrogen-bond donors (Lipinski definition) is 1. The highest BCUT2D eigenvalue weighted by molar-refractivity contribution is 6.83. The second-order valence-electron chi connectivity index (χ2n) is 4.49. The maximum Gasteiger partial charge on any atom is 0.135 e. The molecule has 0 aromatic carbocycles. The van der Waals surface area contributed by atoms with Gasteiger partial charge in [0, 0.05) is 0 Å². The van der Waals surface area contributed by atoms with Gasteiger partial charge in [0.05, 0.1) is 16.4 Å². The normalized spacial score (nSPS) is 10.7. The molecule has 1 heterocycles. The Kier molecular flexibility index (Phi) is 3.43. The zero-order chi connectivity index (χ0) is 11.6. The predicted octanol–water partition coefficient (Wildman–Crippen LogP) is 2.85. The van der Waals surface area contributed by atoms with Crippen molar-refractivity contribution in [3.63, 3.8) is 0 Å². The first kappa shape index (κ1) is 12.1. The van der Waals surface area contributed by atoms with Crippen LogP contribution in [0.4, 0.5) is 5.69 Å². The van der Waals surface area contributed by atoms with E-state index in [9.17, 15) is 0 Å². The minimum atomic E-state index is -1.38. The van der Waals surface area contributed by atoms with Crippen LogP contribution in [0, 0.1) is 18.4 Å². The van der Waals surface area contributed by atoms with Crippen molar-refractivity contribution in [2.75, 3.05) is 5.73 Å². The highest BCUT2D eigenvalue weighted by Crippen LogP contribution is 2.18. The lowest BCUT2D eigenvalue weighted by molar-refractivity contribution is 1.18. The molecule has 0 bridgehead atoms. The third-order valence-corrected chi connectivity index (χ3v) is 2.99. The zero-order valence-corrected chi connectivity index (χ0v) is 11.2. The van der Waals surface area contributed by atoms with Crippen molar-refractivity contribution in [2.45, 2.75) is 26.6 Å². The molecule has 80 valence electrons. The SMILES string of the molecule is Cc1nc(C#C[Si](C)(C)C)c(N)cc1Cl. The number of nitrogens with two attached hydrogens (primary N) is 1. The van der Waals surface area contributed by atoms with E-state index < -0.39 is 8.07 Å². The van der Waals surface area contributed by atoms with Crippen LogP contribution in [0.25, 0.3) is 0 Å². The molecule has 2 nitrogen and oxygen atoms in total. The Bertz CT molecular complexity index is 438. The van der Waals surface area contributed by atoms with E-state index >= 15 is 0 Å². The van der Waals surface area contributed by atoms with Crippen LogP contribution in [0.2, 0.25) is 24.7 Å². The summed E-state index contributed by atoms with van der Waals surface area (Å²) in [6.07, 6.45) is 0. The van der Waals surface area contributed by atoms with Gasteiger partial charge in [-0.2, -0.15) is 0 Å². The zero-order valence-electron chi connectivity index (χ0n) is 9.48. The lowest BCUT2D eigenvalue weighted by atomic mass is 10.3. The molecule has 0 fully saturated rings. The van der Waals surface area contributed by atoms with Crippen LogP contribution in [0.15, 0.2) is 6.07 Å². The monoisotopic (exact) mass is 238 g/mol. The predicted molar refractivity (Wildman–Crippen MR) is 68.6 cm³/mol. The Morgan fingerprint density at radius 1 is 1.40 bits per heavy atom. The molecule has 0 radical (unpaired) electrons. The molecule has 0 aliphatic rings. The average molecular weight is 239 g/mol. The van der Waals surface area contributed by atoms with E-state index in [4.69, 9.17) is 17.3 Å². The first-order valence-electron chi connectivity index (χ1n) is 4.75. The minimum Gasteiger partial charge on any atom is -0.396 e. The fraction of sp³-hybridized carbons (Fsp3) is 0.364. The van der Waals surface area contributed by atoms with Crippen LogP contribution in [0.3, 0.4) is 0 Å². The van der Waals surface area contributed by atoms with E-state index in [0.717, 1.165) is 5.69 Å². The number of aromatic nitrogens is 1. The number of nitrogens with zero attached hydrogens (tertiary/aromatic N) is 1. The highest BCUT2D eigenvalue weighted by atomic mass is 35.5. The highest BCUT2D eigenvalue weighted by Gasteiger charge is 2.09. The average Bonchev–Trinajstić information content (AvgIpc) is 2.07. The lowest BCUT2D eigenvalue weighted by Crippen LogP contribution is -2.16. The molecule has 0 atom stereocenters. The molecule has 2 N–H and O–H groups in total. The summed E-state index contributed by atoms with van der Waals surface area (Å²) in [4.78, 5) is 4.27. The molecule has 1 aromatic heterocycles. The van der Waals surface area contributed by atoms with Gasteiger partial charge in [0.25, 0.3) is 0 Å². The molecule has 0 spiro atoms. The fourth-order valence-electron chi connectivity index (χ4n) is 0.942. The van der Waals surface area contributed by atoms with E-state index in [1.807, 2.05) is 6.92 Å². The Labute approximate surface area is 96.9 Å². The van der Waals surface area contributed by atoms with Crippen molar-refractivity contribution in [1.29, 1.82) is 0 Å². The van der Waals surface area contributed by atoms with E-state index in [-0.39, 0.29) is 0 Å². The summed E-state index contributed by atoms with van der Waals surface area (Å²) in [6, 6.07) is 1.71.